The SMILES string of the molecule is O=C/C(=C\c1cc(=O)oc2c(F)c(O)c(F)cc12)CNC(CCC(=O)NCCCCC(C(=O)O)N(CC(=O)O)CC(=O)O)C(=O)NCCCCC(C(=O)O)N(CC(=O)O)CC(=O)O. The molecule has 1 aromatic heterocycles. The number of aliphatic carboxylic acids is 6. The first kappa shape index (κ1) is 52.3. The van der Waals surface area contributed by atoms with Gasteiger partial charge in [-0.3, -0.25) is 53.0 Å². The number of phenolic OH excluding ortho intramolecular Hbond substituents is 1. The van der Waals surface area contributed by atoms with E-state index in [1.54, 1.807) is 0 Å². The van der Waals surface area contributed by atoms with Crippen molar-refractivity contribution in [2.24, 2.45) is 0 Å². The topological polar surface area (TPSA) is 368 Å². The van der Waals surface area contributed by atoms with E-state index in [-0.39, 0.29) is 81.0 Å². The quantitative estimate of drug-likeness (QED) is 0.0198. The maximum absolute atomic E-state index is 14.5. The fourth-order valence-electron chi connectivity index (χ4n) is 6.28. The fourth-order valence-corrected chi connectivity index (χ4v) is 6.28. The second-order valence-corrected chi connectivity index (χ2v) is 14.0. The first-order valence-corrected chi connectivity index (χ1v) is 19.0. The highest BCUT2D eigenvalue weighted by atomic mass is 19.1. The molecule has 2 rings (SSSR count). The molecule has 2 aromatic rings. The zero-order valence-corrected chi connectivity index (χ0v) is 33.4. The Balaban J connectivity index is 2.17. The Morgan fingerprint density at radius 2 is 1.21 bits per heavy atom. The fraction of sp³-hybridized carbons (Fsp3) is 0.474. The number of rotatable bonds is 31. The van der Waals surface area contributed by atoms with Crippen LogP contribution < -0.4 is 21.6 Å². The van der Waals surface area contributed by atoms with Gasteiger partial charge in [0, 0.05) is 43.1 Å². The highest BCUT2D eigenvalue weighted by molar-refractivity contribution is 5.92. The summed E-state index contributed by atoms with van der Waals surface area (Å²) in [6.07, 6.45) is 0.991. The molecule has 1 aromatic carbocycles. The maximum Gasteiger partial charge on any atom is 0.336 e. The number of amides is 2. The second kappa shape index (κ2) is 25.8. The zero-order valence-electron chi connectivity index (χ0n) is 33.4. The van der Waals surface area contributed by atoms with E-state index in [1.165, 1.54) is 0 Å². The van der Waals surface area contributed by atoms with E-state index < -0.39 is 127 Å². The van der Waals surface area contributed by atoms with E-state index in [0.29, 0.717) is 12.4 Å². The molecule has 0 aliphatic rings. The third-order valence-corrected chi connectivity index (χ3v) is 9.19. The van der Waals surface area contributed by atoms with Gasteiger partial charge in [0.05, 0.1) is 32.2 Å². The molecular weight excluding hydrogens is 852 g/mol. The lowest BCUT2D eigenvalue weighted by Crippen LogP contribution is -2.47. The number of fused-ring (bicyclic) bond motifs is 1. The van der Waals surface area contributed by atoms with Crippen molar-refractivity contribution in [3.63, 3.8) is 0 Å². The van der Waals surface area contributed by atoms with Gasteiger partial charge in [-0.15, -0.1) is 0 Å². The molecule has 0 fully saturated rings. The molecule has 3 atom stereocenters. The van der Waals surface area contributed by atoms with E-state index in [2.05, 4.69) is 16.0 Å². The number of aldehydes is 1. The molecule has 0 radical (unpaired) electrons. The van der Waals surface area contributed by atoms with E-state index in [0.717, 1.165) is 21.9 Å². The van der Waals surface area contributed by atoms with Crippen molar-refractivity contribution < 1.29 is 92.1 Å². The zero-order chi connectivity index (χ0) is 47.4. The molecular formula is C38H47F2N5O18. The van der Waals surface area contributed by atoms with Gasteiger partial charge in [0.25, 0.3) is 0 Å². The first-order chi connectivity index (χ1) is 29.6. The molecule has 0 bridgehead atoms. The van der Waals surface area contributed by atoms with E-state index in [9.17, 15) is 72.0 Å². The number of nitrogens with one attached hydrogen (secondary N) is 3. The van der Waals surface area contributed by atoms with Gasteiger partial charge in [0.1, 0.15) is 18.4 Å². The summed E-state index contributed by atoms with van der Waals surface area (Å²) in [5.74, 6) is -14.4. The smallest absolute Gasteiger partial charge is 0.336 e. The van der Waals surface area contributed by atoms with Crippen molar-refractivity contribution in [2.45, 2.75) is 69.5 Å². The van der Waals surface area contributed by atoms with Gasteiger partial charge in [0.15, 0.2) is 17.1 Å². The summed E-state index contributed by atoms with van der Waals surface area (Å²) in [5, 5.41) is 72.7. The molecule has 0 saturated heterocycles. The van der Waals surface area contributed by atoms with Crippen molar-refractivity contribution >= 4 is 71.0 Å². The highest BCUT2D eigenvalue weighted by Gasteiger charge is 2.30. The summed E-state index contributed by atoms with van der Waals surface area (Å²) in [5.41, 5.74) is -2.29. The number of carboxylic acids is 6. The Hall–Kier alpha value is -6.86. The van der Waals surface area contributed by atoms with Crippen molar-refractivity contribution in [1.82, 2.24) is 25.8 Å². The summed E-state index contributed by atoms with van der Waals surface area (Å²) in [6, 6.07) is -2.68. The molecule has 346 valence electrons. The number of halogens is 2. The van der Waals surface area contributed by atoms with Crippen LogP contribution in [0.3, 0.4) is 0 Å². The van der Waals surface area contributed by atoms with Gasteiger partial charge >= 0.3 is 41.4 Å². The molecule has 0 spiro atoms. The molecule has 0 saturated carbocycles. The monoisotopic (exact) mass is 899 g/mol. The van der Waals surface area contributed by atoms with Gasteiger partial charge < -0.3 is 56.1 Å². The van der Waals surface area contributed by atoms with Crippen molar-refractivity contribution in [2.75, 3.05) is 45.8 Å². The molecule has 10 N–H and O–H groups in total. The average molecular weight is 900 g/mol. The third-order valence-electron chi connectivity index (χ3n) is 9.19. The minimum absolute atomic E-state index is 0.00294. The molecule has 2 amide bonds. The lowest BCUT2D eigenvalue weighted by atomic mass is 10.1. The molecule has 25 heteroatoms. The van der Waals surface area contributed by atoms with Crippen LogP contribution in [0.5, 0.6) is 5.75 Å². The number of carboxylic acid groups (broad SMARTS) is 6. The van der Waals surface area contributed by atoms with Crippen LogP contribution in [0, 0.1) is 11.6 Å². The highest BCUT2D eigenvalue weighted by Crippen LogP contribution is 2.30. The summed E-state index contributed by atoms with van der Waals surface area (Å²) in [4.78, 5) is 120. The lowest BCUT2D eigenvalue weighted by molar-refractivity contribution is -0.152. The van der Waals surface area contributed by atoms with Gasteiger partial charge in [-0.05, 0) is 62.7 Å². The van der Waals surface area contributed by atoms with Crippen molar-refractivity contribution in [1.29, 1.82) is 0 Å². The number of carbonyl (C=O) groups is 9. The normalized spacial score (nSPS) is 13.0. The molecule has 3 unspecified atom stereocenters. The van der Waals surface area contributed by atoms with Crippen LogP contribution in [0.4, 0.5) is 8.78 Å². The largest absolute Gasteiger partial charge is 0.503 e. The summed E-state index contributed by atoms with van der Waals surface area (Å²) < 4.78 is 33.5. The Labute approximate surface area is 354 Å². The molecule has 23 nitrogen and oxygen atoms in total. The molecule has 0 aliphatic heterocycles. The number of hydrogen-bond acceptors (Lipinski definition) is 15. The van der Waals surface area contributed by atoms with Crippen LogP contribution in [0.1, 0.15) is 56.9 Å². The minimum Gasteiger partial charge on any atom is -0.503 e. The Bertz CT molecular complexity index is 2080. The van der Waals surface area contributed by atoms with E-state index in [1.807, 2.05) is 0 Å². The minimum atomic E-state index is -1.57. The number of hydrogen-bond donors (Lipinski definition) is 10. The van der Waals surface area contributed by atoms with Gasteiger partial charge in [0.2, 0.25) is 17.6 Å². The van der Waals surface area contributed by atoms with Crippen LogP contribution in [-0.4, -0.2) is 163 Å². The number of unbranched alkanes of at least 4 members (excludes halogenated alkanes) is 2. The Morgan fingerprint density at radius 1 is 0.714 bits per heavy atom. The van der Waals surface area contributed by atoms with Crippen LogP contribution in [0.15, 0.2) is 26.9 Å². The average Bonchev–Trinajstić information content (AvgIpc) is 3.17. The van der Waals surface area contributed by atoms with Gasteiger partial charge in [-0.25, -0.2) is 9.18 Å². The number of aromatic hydroxyl groups is 1. The van der Waals surface area contributed by atoms with E-state index in [4.69, 9.17) is 24.8 Å². The maximum atomic E-state index is 14.5. The lowest BCUT2D eigenvalue weighted by Gasteiger charge is -2.25. The van der Waals surface area contributed by atoms with E-state index >= 15 is 0 Å². The van der Waals surface area contributed by atoms with Crippen LogP contribution in [0.25, 0.3) is 17.0 Å². The number of nitrogens with zero attached hydrogens (tertiary/aromatic N) is 2. The Morgan fingerprint density at radius 3 is 1.67 bits per heavy atom. The van der Waals surface area contributed by atoms with Gasteiger partial charge in [-0.1, -0.05) is 0 Å². The summed E-state index contributed by atoms with van der Waals surface area (Å²) in [6.45, 7) is -3.93. The van der Waals surface area contributed by atoms with Crippen LogP contribution in [0.2, 0.25) is 0 Å². The summed E-state index contributed by atoms with van der Waals surface area (Å²) in [7, 11) is 0. The van der Waals surface area contributed by atoms with Crippen LogP contribution in [-0.2, 0) is 43.2 Å². The van der Waals surface area contributed by atoms with Crippen LogP contribution >= 0.6 is 0 Å². The first-order valence-electron chi connectivity index (χ1n) is 19.0. The van der Waals surface area contributed by atoms with Crippen molar-refractivity contribution in [3.05, 3.63) is 45.3 Å². The predicted molar refractivity (Wildman–Crippen MR) is 209 cm³/mol. The predicted octanol–water partition coefficient (Wildman–Crippen LogP) is -0.481. The van der Waals surface area contributed by atoms with Gasteiger partial charge in [-0.2, -0.15) is 4.39 Å². The molecule has 0 aliphatic carbocycles. The third kappa shape index (κ3) is 17.9. The number of phenols is 1. The number of benzene rings is 1. The number of carbonyl (C=O) groups excluding carboxylic acids is 3. The second-order valence-electron chi connectivity index (χ2n) is 14.0. The molecule has 63 heavy (non-hydrogen) atoms. The standard InChI is InChI=1S/C38H47F2N5O18/c39-23-13-22-21(12-32(56)63-35(22)33(40)34(23)57)11-20(19-46)14-43-24(36(58)42-10-4-2-6-26(38(61)62)45(17-30(52)53)18-31(54)55)7-8-27(47)41-9-3-1-5-25(37(59)60)44(15-28(48)49)16-29(50)51/h11-13,19,24-26,43,57H,1-10,14-18H2,(H,41,47)(H,42,58)(H,48,49)(H,50,51)(H,52,53)(H,54,55)(H,59,60)(H,61,62)/b20-11-. The molecule has 1 heterocycles. The Kier molecular flexibility index (Phi) is 21.4. The van der Waals surface area contributed by atoms with Crippen molar-refractivity contribution in [3.8, 4) is 5.75 Å². The summed E-state index contributed by atoms with van der Waals surface area (Å²) >= 11 is 0.